The van der Waals surface area contributed by atoms with Crippen molar-refractivity contribution in [3.8, 4) is 0 Å². The summed E-state index contributed by atoms with van der Waals surface area (Å²) in [6.45, 7) is 22.0. The first-order valence-corrected chi connectivity index (χ1v) is 12.0. The molecule has 2 N–H and O–H groups in total. The lowest BCUT2D eigenvalue weighted by atomic mass is 10.0. The molecule has 0 unspecified atom stereocenters. The Bertz CT molecular complexity index is 438. The van der Waals surface area contributed by atoms with Crippen LogP contribution in [0.15, 0.2) is 12.7 Å². The molecule has 0 aliphatic rings. The molecule has 0 radical (unpaired) electrons. The molecule has 0 fully saturated rings. The Morgan fingerprint density at radius 1 is 1.24 bits per heavy atom. The third-order valence-electron chi connectivity index (χ3n) is 4.56. The fraction of sp³-hybridized carbons (Fsp3) is 0.842. The van der Waals surface area contributed by atoms with E-state index in [4.69, 9.17) is 9.16 Å². The van der Waals surface area contributed by atoms with Crippen LogP contribution in [-0.2, 0) is 9.16 Å². The van der Waals surface area contributed by atoms with E-state index in [1.807, 2.05) is 27.7 Å². The van der Waals surface area contributed by atoms with Crippen LogP contribution in [0.2, 0.25) is 18.1 Å². The number of carbonyl (C=O) groups excluding carboxylic acids is 1. The standard InChI is InChI=1S/C19H39NO4Si/c1-11-13-14(21)16(20-17(22)23-18(3,4)5)15(12-2)24-25(9,10)19(6,7)8/h11,14-16,21H,1,12-13H2,2-10H3,(H,20,22)/t14-,15+,16+/m0/s1. The van der Waals surface area contributed by atoms with Gasteiger partial charge in [0, 0.05) is 0 Å². The highest BCUT2D eigenvalue weighted by molar-refractivity contribution is 6.74. The molecule has 148 valence electrons. The van der Waals surface area contributed by atoms with E-state index >= 15 is 0 Å². The lowest BCUT2D eigenvalue weighted by Gasteiger charge is -2.42. The number of nitrogens with one attached hydrogen (secondary N) is 1. The first-order chi connectivity index (χ1) is 11.1. The molecule has 5 nitrogen and oxygen atoms in total. The van der Waals surface area contributed by atoms with Crippen molar-refractivity contribution in [2.45, 2.75) is 103 Å². The predicted molar refractivity (Wildman–Crippen MR) is 106 cm³/mol. The van der Waals surface area contributed by atoms with Gasteiger partial charge in [0.05, 0.1) is 18.2 Å². The highest BCUT2D eigenvalue weighted by atomic mass is 28.4. The highest BCUT2D eigenvalue weighted by Gasteiger charge is 2.42. The van der Waals surface area contributed by atoms with Gasteiger partial charge >= 0.3 is 6.09 Å². The largest absolute Gasteiger partial charge is 0.444 e. The maximum absolute atomic E-state index is 12.2. The van der Waals surface area contributed by atoms with Crippen LogP contribution in [0.1, 0.15) is 61.3 Å². The van der Waals surface area contributed by atoms with Crippen molar-refractivity contribution in [3.63, 3.8) is 0 Å². The van der Waals surface area contributed by atoms with Crippen LogP contribution in [0.25, 0.3) is 0 Å². The minimum absolute atomic E-state index is 0.0419. The first kappa shape index (κ1) is 24.1. The van der Waals surface area contributed by atoms with E-state index in [1.165, 1.54) is 0 Å². The van der Waals surface area contributed by atoms with Gasteiger partial charge in [-0.1, -0.05) is 33.8 Å². The summed E-state index contributed by atoms with van der Waals surface area (Å²) in [6.07, 6.45) is 1.09. The third-order valence-corrected chi connectivity index (χ3v) is 9.07. The zero-order valence-corrected chi connectivity index (χ0v) is 18.6. The van der Waals surface area contributed by atoms with Crippen molar-refractivity contribution in [3.05, 3.63) is 12.7 Å². The minimum atomic E-state index is -2.05. The number of aliphatic hydroxyl groups excluding tert-OH is 1. The normalized spacial score (nSPS) is 16.7. The van der Waals surface area contributed by atoms with Gasteiger partial charge < -0.3 is 19.6 Å². The number of hydrogen-bond donors (Lipinski definition) is 2. The SMILES string of the molecule is C=CC[C@H](O)[C@@H](NC(=O)OC(C)(C)C)[C@@H](CC)O[Si](C)(C)C(C)(C)C. The molecule has 1 amide bonds. The van der Waals surface area contributed by atoms with Gasteiger partial charge in [-0.15, -0.1) is 6.58 Å². The fourth-order valence-corrected chi connectivity index (χ4v) is 3.59. The molecular weight excluding hydrogens is 334 g/mol. The third kappa shape index (κ3) is 8.38. The van der Waals surface area contributed by atoms with Gasteiger partial charge in [0.1, 0.15) is 5.60 Å². The number of amides is 1. The Morgan fingerprint density at radius 2 is 1.76 bits per heavy atom. The second-order valence-corrected chi connectivity index (χ2v) is 13.8. The van der Waals surface area contributed by atoms with Crippen LogP contribution < -0.4 is 5.32 Å². The van der Waals surface area contributed by atoms with Gasteiger partial charge in [0.15, 0.2) is 8.32 Å². The van der Waals surface area contributed by atoms with Crippen LogP contribution >= 0.6 is 0 Å². The van der Waals surface area contributed by atoms with E-state index in [0.29, 0.717) is 12.8 Å². The lowest BCUT2D eigenvalue weighted by molar-refractivity contribution is 0.0180. The minimum Gasteiger partial charge on any atom is -0.444 e. The van der Waals surface area contributed by atoms with Crippen molar-refractivity contribution in [2.75, 3.05) is 0 Å². The molecular formula is C19H39NO4Si. The number of aliphatic hydroxyl groups is 1. The van der Waals surface area contributed by atoms with Crippen molar-refractivity contribution in [1.29, 1.82) is 0 Å². The Labute approximate surface area is 155 Å². The first-order valence-electron chi connectivity index (χ1n) is 9.11. The van der Waals surface area contributed by atoms with Gasteiger partial charge in [0.2, 0.25) is 0 Å². The molecule has 0 spiro atoms. The average Bonchev–Trinajstić information content (AvgIpc) is 2.39. The molecule has 3 atom stereocenters. The van der Waals surface area contributed by atoms with Crippen LogP contribution in [0.5, 0.6) is 0 Å². The summed E-state index contributed by atoms with van der Waals surface area (Å²) in [4.78, 5) is 12.2. The second kappa shape index (κ2) is 9.19. The van der Waals surface area contributed by atoms with Gasteiger partial charge in [-0.25, -0.2) is 4.79 Å². The second-order valence-electron chi connectivity index (χ2n) is 9.09. The molecule has 25 heavy (non-hydrogen) atoms. The van der Waals surface area contributed by atoms with Gasteiger partial charge in [-0.3, -0.25) is 0 Å². The monoisotopic (exact) mass is 373 g/mol. The maximum Gasteiger partial charge on any atom is 0.408 e. The zero-order valence-electron chi connectivity index (χ0n) is 17.6. The summed E-state index contributed by atoms with van der Waals surface area (Å²) in [5.41, 5.74) is -0.597. The Hall–Kier alpha value is -0.853. The molecule has 6 heteroatoms. The van der Waals surface area contributed by atoms with Crippen molar-refractivity contribution in [2.24, 2.45) is 0 Å². The zero-order chi connectivity index (χ0) is 20.1. The van der Waals surface area contributed by atoms with E-state index in [9.17, 15) is 9.90 Å². The fourth-order valence-electron chi connectivity index (χ4n) is 2.16. The summed E-state index contributed by atoms with van der Waals surface area (Å²) in [5, 5.41) is 13.4. The number of hydrogen-bond acceptors (Lipinski definition) is 4. The van der Waals surface area contributed by atoms with E-state index < -0.39 is 32.2 Å². The molecule has 0 aromatic heterocycles. The number of alkyl carbamates (subject to hydrolysis) is 1. The van der Waals surface area contributed by atoms with Crippen molar-refractivity contribution < 1.29 is 19.1 Å². The molecule has 0 saturated heterocycles. The Morgan fingerprint density at radius 3 is 2.12 bits per heavy atom. The molecule has 0 aromatic rings. The van der Waals surface area contributed by atoms with Crippen LogP contribution in [-0.4, -0.2) is 43.4 Å². The Balaban J connectivity index is 5.41. The van der Waals surface area contributed by atoms with E-state index in [1.54, 1.807) is 6.08 Å². The maximum atomic E-state index is 12.2. The van der Waals surface area contributed by atoms with Crippen LogP contribution in [0, 0.1) is 0 Å². The Kier molecular flexibility index (Phi) is 8.88. The topological polar surface area (TPSA) is 67.8 Å². The number of ether oxygens (including phenoxy) is 1. The van der Waals surface area contributed by atoms with Crippen molar-refractivity contribution >= 4 is 14.4 Å². The molecule has 0 saturated carbocycles. The smallest absolute Gasteiger partial charge is 0.408 e. The van der Waals surface area contributed by atoms with Gasteiger partial charge in [0.25, 0.3) is 0 Å². The van der Waals surface area contributed by atoms with Gasteiger partial charge in [-0.2, -0.15) is 0 Å². The predicted octanol–water partition coefficient (Wildman–Crippen LogP) is 4.62. The van der Waals surface area contributed by atoms with Gasteiger partial charge in [-0.05, 0) is 51.7 Å². The molecule has 0 aliphatic heterocycles. The highest BCUT2D eigenvalue weighted by Crippen LogP contribution is 2.38. The van der Waals surface area contributed by atoms with E-state index in [0.717, 1.165) is 0 Å². The quantitative estimate of drug-likeness (QED) is 0.481. The lowest BCUT2D eigenvalue weighted by Crippen LogP contribution is -2.56. The molecule has 0 rings (SSSR count). The van der Waals surface area contributed by atoms with E-state index in [-0.39, 0.29) is 11.1 Å². The van der Waals surface area contributed by atoms with Crippen LogP contribution in [0.3, 0.4) is 0 Å². The average molecular weight is 374 g/mol. The summed E-state index contributed by atoms with van der Waals surface area (Å²) in [7, 11) is -2.05. The van der Waals surface area contributed by atoms with E-state index in [2.05, 4.69) is 45.8 Å². The molecule has 0 aromatic carbocycles. The summed E-state index contributed by atoms with van der Waals surface area (Å²) >= 11 is 0. The molecule has 0 aliphatic carbocycles. The number of carbonyl (C=O) groups is 1. The summed E-state index contributed by atoms with van der Waals surface area (Å²) in [6, 6.07) is -0.549. The summed E-state index contributed by atoms with van der Waals surface area (Å²) in [5.74, 6) is 0. The molecule has 0 heterocycles. The van der Waals surface area contributed by atoms with Crippen LogP contribution in [0.4, 0.5) is 4.79 Å². The molecule has 0 bridgehead atoms. The van der Waals surface area contributed by atoms with Crippen molar-refractivity contribution in [1.82, 2.24) is 5.32 Å². The number of rotatable bonds is 8. The summed E-state index contributed by atoms with van der Waals surface area (Å²) < 4.78 is 11.8.